The molecule has 112 valence electrons. The van der Waals surface area contributed by atoms with Crippen molar-refractivity contribution in [1.29, 1.82) is 0 Å². The van der Waals surface area contributed by atoms with Gasteiger partial charge in [-0.2, -0.15) is 0 Å². The minimum Gasteiger partial charge on any atom is -0.494 e. The molecule has 2 N–H and O–H groups in total. The molecule has 0 heterocycles. The zero-order valence-corrected chi connectivity index (χ0v) is 12.9. The third-order valence-corrected chi connectivity index (χ3v) is 4.31. The van der Waals surface area contributed by atoms with E-state index in [2.05, 4.69) is 0 Å². The summed E-state index contributed by atoms with van der Waals surface area (Å²) in [6, 6.07) is 13.8. The number of rotatable bonds is 5. The Labute approximate surface area is 125 Å². The van der Waals surface area contributed by atoms with Gasteiger partial charge in [-0.05, 0) is 30.7 Å². The molecular weight excluding hydrogens is 286 g/mol. The number of hydrogen-bond acceptors (Lipinski definition) is 4. The fraction of sp³-hybridized carbons (Fsp3) is 0.250. The molecular formula is C16H19NO3S. The first kappa shape index (κ1) is 15.5. The Morgan fingerprint density at radius 2 is 1.86 bits per heavy atom. The Hall–Kier alpha value is -1.85. The molecule has 0 aliphatic carbocycles. The maximum absolute atomic E-state index is 11.6. The Bertz CT molecular complexity index is 726. The summed E-state index contributed by atoms with van der Waals surface area (Å²) in [4.78, 5) is 0.268. The Morgan fingerprint density at radius 3 is 2.52 bits per heavy atom. The van der Waals surface area contributed by atoms with E-state index < -0.39 is 15.9 Å². The maximum Gasteiger partial charge on any atom is 0.175 e. The number of hydrogen-bond donors (Lipinski definition) is 1. The van der Waals surface area contributed by atoms with Gasteiger partial charge in [-0.1, -0.05) is 30.3 Å². The first-order chi connectivity index (χ1) is 9.93. The standard InChI is InChI=1S/C16H19NO3S/c1-3-20-15-10-5-4-9-14(15)16(17)12-7-6-8-13(11-12)21(2,18)19/h4-11,16H,3,17H2,1-2H3. The highest BCUT2D eigenvalue weighted by Gasteiger charge is 2.16. The van der Waals surface area contributed by atoms with Crippen molar-refractivity contribution < 1.29 is 13.2 Å². The van der Waals surface area contributed by atoms with Crippen molar-refractivity contribution in [1.82, 2.24) is 0 Å². The van der Waals surface area contributed by atoms with Crippen LogP contribution in [0.2, 0.25) is 0 Å². The van der Waals surface area contributed by atoms with Gasteiger partial charge in [0.05, 0.1) is 17.5 Å². The van der Waals surface area contributed by atoms with Gasteiger partial charge in [0.2, 0.25) is 0 Å². The van der Waals surface area contributed by atoms with E-state index in [-0.39, 0.29) is 4.90 Å². The summed E-state index contributed by atoms with van der Waals surface area (Å²) >= 11 is 0. The molecule has 0 aromatic heterocycles. The van der Waals surface area contributed by atoms with Crippen molar-refractivity contribution in [2.45, 2.75) is 17.9 Å². The highest BCUT2D eigenvalue weighted by molar-refractivity contribution is 7.90. The summed E-state index contributed by atoms with van der Waals surface area (Å²) in [5.74, 6) is 0.720. The molecule has 5 heteroatoms. The molecule has 2 aromatic rings. The van der Waals surface area contributed by atoms with Gasteiger partial charge in [0, 0.05) is 11.8 Å². The van der Waals surface area contributed by atoms with Crippen molar-refractivity contribution in [3.05, 3.63) is 59.7 Å². The normalized spacial score (nSPS) is 12.9. The Kier molecular flexibility index (Phi) is 4.65. The molecule has 0 spiro atoms. The van der Waals surface area contributed by atoms with E-state index in [4.69, 9.17) is 10.5 Å². The quantitative estimate of drug-likeness (QED) is 0.921. The molecule has 4 nitrogen and oxygen atoms in total. The van der Waals surface area contributed by atoms with Gasteiger partial charge in [-0.25, -0.2) is 8.42 Å². The van der Waals surface area contributed by atoms with Crippen LogP contribution in [-0.4, -0.2) is 21.3 Å². The van der Waals surface area contributed by atoms with Crippen molar-refractivity contribution in [3.8, 4) is 5.75 Å². The lowest BCUT2D eigenvalue weighted by Crippen LogP contribution is -2.14. The molecule has 2 rings (SSSR count). The van der Waals surface area contributed by atoms with E-state index in [0.717, 1.165) is 16.9 Å². The predicted octanol–water partition coefficient (Wildman–Crippen LogP) is 2.54. The molecule has 0 amide bonds. The third-order valence-electron chi connectivity index (χ3n) is 3.20. The zero-order chi connectivity index (χ0) is 15.5. The fourth-order valence-electron chi connectivity index (χ4n) is 2.14. The maximum atomic E-state index is 11.6. The lowest BCUT2D eigenvalue weighted by atomic mass is 9.99. The van der Waals surface area contributed by atoms with E-state index in [1.165, 1.54) is 6.26 Å². The number of benzene rings is 2. The first-order valence-corrected chi connectivity index (χ1v) is 8.60. The summed E-state index contributed by atoms with van der Waals surface area (Å²) in [7, 11) is -3.25. The van der Waals surface area contributed by atoms with Gasteiger partial charge >= 0.3 is 0 Å². The minimum atomic E-state index is -3.25. The molecule has 0 bridgehead atoms. The van der Waals surface area contributed by atoms with Gasteiger partial charge < -0.3 is 10.5 Å². The van der Waals surface area contributed by atoms with E-state index in [0.29, 0.717) is 6.61 Å². The lowest BCUT2D eigenvalue weighted by Gasteiger charge is -2.17. The predicted molar refractivity (Wildman–Crippen MR) is 83.2 cm³/mol. The van der Waals surface area contributed by atoms with Gasteiger partial charge in [-0.15, -0.1) is 0 Å². The first-order valence-electron chi connectivity index (χ1n) is 6.71. The number of para-hydroxylation sites is 1. The van der Waals surface area contributed by atoms with Crippen LogP contribution in [0.4, 0.5) is 0 Å². The lowest BCUT2D eigenvalue weighted by molar-refractivity contribution is 0.335. The molecule has 0 fully saturated rings. The highest BCUT2D eigenvalue weighted by atomic mass is 32.2. The van der Waals surface area contributed by atoms with Gasteiger partial charge in [0.15, 0.2) is 9.84 Å². The molecule has 21 heavy (non-hydrogen) atoms. The molecule has 1 atom stereocenters. The van der Waals surface area contributed by atoms with Crippen LogP contribution in [0, 0.1) is 0 Å². The monoisotopic (exact) mass is 305 g/mol. The second-order valence-corrected chi connectivity index (χ2v) is 6.81. The van der Waals surface area contributed by atoms with Crippen LogP contribution in [0.5, 0.6) is 5.75 Å². The van der Waals surface area contributed by atoms with Crippen LogP contribution in [0.1, 0.15) is 24.1 Å². The SMILES string of the molecule is CCOc1ccccc1C(N)c1cccc(S(C)(=O)=O)c1. The number of ether oxygens (including phenoxy) is 1. The molecule has 1 unspecified atom stereocenters. The van der Waals surface area contributed by atoms with E-state index >= 15 is 0 Å². The largest absolute Gasteiger partial charge is 0.494 e. The summed E-state index contributed by atoms with van der Waals surface area (Å²) in [6.07, 6.45) is 1.19. The van der Waals surface area contributed by atoms with Crippen molar-refractivity contribution in [2.75, 3.05) is 12.9 Å². The highest BCUT2D eigenvalue weighted by Crippen LogP contribution is 2.29. The summed E-state index contributed by atoms with van der Waals surface area (Å²) in [6.45, 7) is 2.46. The number of nitrogens with two attached hydrogens (primary N) is 1. The van der Waals surface area contributed by atoms with Crippen LogP contribution in [-0.2, 0) is 9.84 Å². The van der Waals surface area contributed by atoms with Crippen molar-refractivity contribution >= 4 is 9.84 Å². The summed E-state index contributed by atoms with van der Waals surface area (Å²) in [5, 5.41) is 0. The zero-order valence-electron chi connectivity index (χ0n) is 12.1. The Morgan fingerprint density at radius 1 is 1.14 bits per heavy atom. The molecule has 0 radical (unpaired) electrons. The average molecular weight is 305 g/mol. The van der Waals surface area contributed by atoms with Crippen LogP contribution in [0.25, 0.3) is 0 Å². The van der Waals surface area contributed by atoms with Gasteiger partial charge in [0.25, 0.3) is 0 Å². The molecule has 0 aliphatic rings. The second-order valence-electron chi connectivity index (χ2n) is 4.79. The van der Waals surface area contributed by atoms with Crippen LogP contribution < -0.4 is 10.5 Å². The van der Waals surface area contributed by atoms with Crippen molar-refractivity contribution in [2.24, 2.45) is 5.73 Å². The summed E-state index contributed by atoms with van der Waals surface area (Å²) < 4.78 is 28.9. The number of sulfone groups is 1. The van der Waals surface area contributed by atoms with Crippen LogP contribution in [0.3, 0.4) is 0 Å². The van der Waals surface area contributed by atoms with E-state index in [1.807, 2.05) is 37.3 Å². The average Bonchev–Trinajstić information content (AvgIpc) is 2.47. The van der Waals surface area contributed by atoms with E-state index in [9.17, 15) is 8.42 Å². The second kappa shape index (κ2) is 6.28. The van der Waals surface area contributed by atoms with Gasteiger partial charge in [-0.3, -0.25) is 0 Å². The summed E-state index contributed by atoms with van der Waals surface area (Å²) in [5.41, 5.74) is 7.86. The van der Waals surface area contributed by atoms with Gasteiger partial charge in [0.1, 0.15) is 5.75 Å². The van der Waals surface area contributed by atoms with Crippen LogP contribution >= 0.6 is 0 Å². The van der Waals surface area contributed by atoms with E-state index in [1.54, 1.807) is 18.2 Å². The molecule has 2 aromatic carbocycles. The molecule has 0 saturated carbocycles. The molecule has 0 saturated heterocycles. The molecule has 0 aliphatic heterocycles. The van der Waals surface area contributed by atoms with Crippen LogP contribution in [0.15, 0.2) is 53.4 Å². The fourth-order valence-corrected chi connectivity index (χ4v) is 2.82. The topological polar surface area (TPSA) is 69.4 Å². The van der Waals surface area contributed by atoms with Crippen molar-refractivity contribution in [3.63, 3.8) is 0 Å². The Balaban J connectivity index is 2.43. The minimum absolute atomic E-state index is 0.268. The smallest absolute Gasteiger partial charge is 0.175 e. The third kappa shape index (κ3) is 3.62.